The standard InChI is InChI=1S/C17H18N2O5/c1-11(15-10-14(23-2)7-8-16(15)24-3)18-17(20)12-5-4-6-13(9-12)19(21)22/h4-11H,1-3H3,(H,18,20). The summed E-state index contributed by atoms with van der Waals surface area (Å²) in [7, 11) is 3.10. The SMILES string of the molecule is COc1ccc(OC)c(C(C)NC(=O)c2cccc([N+](=O)[O-])c2)c1. The summed E-state index contributed by atoms with van der Waals surface area (Å²) in [4.78, 5) is 22.6. The average Bonchev–Trinajstić information content (AvgIpc) is 2.61. The summed E-state index contributed by atoms with van der Waals surface area (Å²) in [5, 5.41) is 13.6. The van der Waals surface area contributed by atoms with E-state index < -0.39 is 10.8 Å². The maximum atomic E-state index is 12.4. The number of methoxy groups -OCH3 is 2. The lowest BCUT2D eigenvalue weighted by atomic mass is 10.1. The predicted molar refractivity (Wildman–Crippen MR) is 88.5 cm³/mol. The molecular formula is C17H18N2O5. The van der Waals surface area contributed by atoms with E-state index in [0.29, 0.717) is 11.5 Å². The lowest BCUT2D eigenvalue weighted by Crippen LogP contribution is -2.27. The van der Waals surface area contributed by atoms with Gasteiger partial charge in [-0.15, -0.1) is 0 Å². The molecule has 0 aliphatic carbocycles. The normalized spacial score (nSPS) is 11.5. The number of non-ortho nitro benzene ring substituents is 1. The van der Waals surface area contributed by atoms with Gasteiger partial charge in [0.1, 0.15) is 11.5 Å². The molecule has 2 aromatic carbocycles. The van der Waals surface area contributed by atoms with Crippen molar-refractivity contribution in [2.45, 2.75) is 13.0 Å². The third kappa shape index (κ3) is 3.81. The van der Waals surface area contributed by atoms with E-state index in [1.54, 1.807) is 39.3 Å². The molecule has 1 amide bonds. The summed E-state index contributed by atoms with van der Waals surface area (Å²) in [5.41, 5.74) is 0.836. The minimum absolute atomic E-state index is 0.130. The monoisotopic (exact) mass is 330 g/mol. The first-order valence-electron chi connectivity index (χ1n) is 7.23. The van der Waals surface area contributed by atoms with Crippen LogP contribution in [0.2, 0.25) is 0 Å². The zero-order chi connectivity index (χ0) is 17.7. The van der Waals surface area contributed by atoms with Crippen LogP contribution < -0.4 is 14.8 Å². The molecule has 1 unspecified atom stereocenters. The van der Waals surface area contributed by atoms with Crippen LogP contribution in [0.25, 0.3) is 0 Å². The minimum atomic E-state index is -0.536. The molecule has 0 bridgehead atoms. The third-order valence-electron chi connectivity index (χ3n) is 3.57. The Morgan fingerprint density at radius 3 is 2.54 bits per heavy atom. The number of hydrogen-bond acceptors (Lipinski definition) is 5. The molecule has 1 atom stereocenters. The zero-order valence-electron chi connectivity index (χ0n) is 13.6. The molecule has 0 heterocycles. The van der Waals surface area contributed by atoms with Gasteiger partial charge in [0, 0.05) is 23.3 Å². The van der Waals surface area contributed by atoms with E-state index in [-0.39, 0.29) is 17.3 Å². The second-order valence-corrected chi connectivity index (χ2v) is 5.11. The molecule has 7 heteroatoms. The molecule has 0 aliphatic heterocycles. The van der Waals surface area contributed by atoms with Crippen molar-refractivity contribution in [3.63, 3.8) is 0 Å². The van der Waals surface area contributed by atoms with Crippen molar-refractivity contribution >= 4 is 11.6 Å². The third-order valence-corrected chi connectivity index (χ3v) is 3.57. The molecule has 2 aromatic rings. The van der Waals surface area contributed by atoms with Crippen LogP contribution in [0.15, 0.2) is 42.5 Å². The van der Waals surface area contributed by atoms with Crippen molar-refractivity contribution in [3.8, 4) is 11.5 Å². The van der Waals surface area contributed by atoms with Crippen LogP contribution in [0.3, 0.4) is 0 Å². The van der Waals surface area contributed by atoms with Crippen LogP contribution in [0.5, 0.6) is 11.5 Å². The maximum Gasteiger partial charge on any atom is 0.270 e. The van der Waals surface area contributed by atoms with Gasteiger partial charge in [0.05, 0.1) is 25.2 Å². The zero-order valence-corrected chi connectivity index (χ0v) is 13.6. The van der Waals surface area contributed by atoms with Crippen molar-refractivity contribution in [2.75, 3.05) is 14.2 Å². The molecule has 2 rings (SSSR count). The van der Waals surface area contributed by atoms with Crippen molar-refractivity contribution in [1.82, 2.24) is 5.32 Å². The van der Waals surface area contributed by atoms with E-state index in [4.69, 9.17) is 9.47 Å². The Morgan fingerprint density at radius 2 is 1.92 bits per heavy atom. The number of carbonyl (C=O) groups excluding carboxylic acids is 1. The molecule has 7 nitrogen and oxygen atoms in total. The fraction of sp³-hybridized carbons (Fsp3) is 0.235. The predicted octanol–water partition coefficient (Wildman–Crippen LogP) is 3.10. The van der Waals surface area contributed by atoms with E-state index in [1.807, 2.05) is 0 Å². The Bertz CT molecular complexity index is 760. The van der Waals surface area contributed by atoms with E-state index in [2.05, 4.69) is 5.32 Å². The van der Waals surface area contributed by atoms with Crippen LogP contribution in [0.1, 0.15) is 28.9 Å². The van der Waals surface area contributed by atoms with Crippen molar-refractivity contribution < 1.29 is 19.2 Å². The van der Waals surface area contributed by atoms with Gasteiger partial charge in [0.25, 0.3) is 11.6 Å². The highest BCUT2D eigenvalue weighted by molar-refractivity contribution is 5.95. The first kappa shape index (κ1) is 17.3. The van der Waals surface area contributed by atoms with Crippen molar-refractivity contribution in [2.24, 2.45) is 0 Å². The minimum Gasteiger partial charge on any atom is -0.497 e. The van der Waals surface area contributed by atoms with Gasteiger partial charge >= 0.3 is 0 Å². The molecule has 0 aliphatic rings. The van der Waals surface area contributed by atoms with E-state index in [1.165, 1.54) is 24.3 Å². The highest BCUT2D eigenvalue weighted by Crippen LogP contribution is 2.29. The van der Waals surface area contributed by atoms with E-state index >= 15 is 0 Å². The highest BCUT2D eigenvalue weighted by atomic mass is 16.6. The summed E-state index contributed by atoms with van der Waals surface area (Å²) in [6.45, 7) is 1.80. The number of hydrogen-bond donors (Lipinski definition) is 1. The summed E-state index contributed by atoms with van der Waals surface area (Å²) >= 11 is 0. The number of carbonyl (C=O) groups is 1. The van der Waals surface area contributed by atoms with Gasteiger partial charge in [0.2, 0.25) is 0 Å². The van der Waals surface area contributed by atoms with Gasteiger partial charge in [0.15, 0.2) is 0 Å². The average molecular weight is 330 g/mol. The molecule has 0 radical (unpaired) electrons. The first-order valence-corrected chi connectivity index (χ1v) is 7.23. The Kier molecular flexibility index (Phi) is 5.36. The molecule has 0 spiro atoms. The molecule has 0 saturated carbocycles. The van der Waals surface area contributed by atoms with Crippen molar-refractivity contribution in [1.29, 1.82) is 0 Å². The number of benzene rings is 2. The number of nitro groups is 1. The topological polar surface area (TPSA) is 90.7 Å². The van der Waals surface area contributed by atoms with E-state index in [9.17, 15) is 14.9 Å². The Morgan fingerprint density at radius 1 is 1.17 bits per heavy atom. The lowest BCUT2D eigenvalue weighted by molar-refractivity contribution is -0.384. The summed E-state index contributed by atoms with van der Waals surface area (Å²) in [6.07, 6.45) is 0. The molecule has 24 heavy (non-hydrogen) atoms. The first-order chi connectivity index (χ1) is 11.5. The van der Waals surface area contributed by atoms with Crippen LogP contribution in [0, 0.1) is 10.1 Å². The van der Waals surface area contributed by atoms with Gasteiger partial charge in [-0.1, -0.05) is 6.07 Å². The van der Waals surface area contributed by atoms with Gasteiger partial charge in [-0.25, -0.2) is 0 Å². The molecule has 0 aromatic heterocycles. The molecular weight excluding hydrogens is 312 g/mol. The van der Waals surface area contributed by atoms with Gasteiger partial charge < -0.3 is 14.8 Å². The smallest absolute Gasteiger partial charge is 0.270 e. The number of nitro benzene ring substituents is 1. The second kappa shape index (κ2) is 7.45. The quantitative estimate of drug-likeness (QED) is 0.649. The van der Waals surface area contributed by atoms with Gasteiger partial charge in [-0.05, 0) is 31.2 Å². The molecule has 0 fully saturated rings. The van der Waals surface area contributed by atoms with E-state index in [0.717, 1.165) is 5.56 Å². The summed E-state index contributed by atoms with van der Waals surface area (Å²) in [5.74, 6) is 0.848. The number of nitrogens with zero attached hydrogens (tertiary/aromatic N) is 1. The fourth-order valence-corrected chi connectivity index (χ4v) is 2.30. The number of ether oxygens (including phenoxy) is 2. The number of amides is 1. The van der Waals surface area contributed by atoms with Gasteiger partial charge in [-0.2, -0.15) is 0 Å². The molecule has 1 N–H and O–H groups in total. The largest absolute Gasteiger partial charge is 0.497 e. The van der Waals surface area contributed by atoms with Gasteiger partial charge in [-0.3, -0.25) is 14.9 Å². The van der Waals surface area contributed by atoms with Crippen molar-refractivity contribution in [3.05, 3.63) is 63.7 Å². The van der Waals surface area contributed by atoms with Crippen LogP contribution in [0.4, 0.5) is 5.69 Å². The molecule has 126 valence electrons. The lowest BCUT2D eigenvalue weighted by Gasteiger charge is -2.18. The Balaban J connectivity index is 2.23. The van der Waals surface area contributed by atoms with Crippen LogP contribution >= 0.6 is 0 Å². The fourth-order valence-electron chi connectivity index (χ4n) is 2.30. The number of nitrogens with one attached hydrogen (secondary N) is 1. The Labute approximate surface area is 139 Å². The maximum absolute atomic E-state index is 12.4. The number of rotatable bonds is 6. The van der Waals surface area contributed by atoms with Crippen LogP contribution in [-0.2, 0) is 0 Å². The Hall–Kier alpha value is -3.09. The second-order valence-electron chi connectivity index (χ2n) is 5.11. The summed E-state index contributed by atoms with van der Waals surface area (Å²) < 4.78 is 10.5. The van der Waals surface area contributed by atoms with Crippen LogP contribution in [-0.4, -0.2) is 25.1 Å². The summed E-state index contributed by atoms with van der Waals surface area (Å²) in [6, 6.07) is 10.5. The molecule has 0 saturated heterocycles. The highest BCUT2D eigenvalue weighted by Gasteiger charge is 2.17.